The molecule has 1 aliphatic heterocycles. The summed E-state index contributed by atoms with van der Waals surface area (Å²) < 4.78 is 4.99. The largest absolute Gasteiger partial charge is 0.504 e. The van der Waals surface area contributed by atoms with E-state index in [9.17, 15) is 9.90 Å². The molecule has 1 aliphatic rings. The van der Waals surface area contributed by atoms with Gasteiger partial charge in [0.2, 0.25) is 0 Å². The molecule has 2 rings (SSSR count). The van der Waals surface area contributed by atoms with Gasteiger partial charge in [-0.3, -0.25) is 4.79 Å². The van der Waals surface area contributed by atoms with E-state index in [0.29, 0.717) is 30.4 Å². The highest BCUT2D eigenvalue weighted by molar-refractivity contribution is 5.94. The van der Waals surface area contributed by atoms with Gasteiger partial charge in [-0.2, -0.15) is 0 Å². The quantitative estimate of drug-likeness (QED) is 0.859. The molecular weight excluding hydrogens is 256 g/mol. The highest BCUT2D eigenvalue weighted by atomic mass is 16.5. The molecule has 0 radical (unpaired) electrons. The molecule has 0 spiro atoms. The van der Waals surface area contributed by atoms with Gasteiger partial charge in [0.1, 0.15) is 0 Å². The first-order valence-electron chi connectivity index (χ1n) is 7.05. The first-order valence-corrected chi connectivity index (χ1v) is 7.05. The number of phenolic OH excluding ortho intramolecular Hbond substituents is 1. The molecule has 1 fully saturated rings. The summed E-state index contributed by atoms with van der Waals surface area (Å²) in [5.74, 6) is 0.314. The van der Waals surface area contributed by atoms with Crippen LogP contribution in [-0.4, -0.2) is 48.7 Å². The molecule has 20 heavy (non-hydrogen) atoms. The molecular formula is C15H22N2O3. The molecule has 110 valence electrons. The molecule has 1 amide bonds. The van der Waals surface area contributed by atoms with Gasteiger partial charge in [0.15, 0.2) is 11.5 Å². The third-order valence-corrected chi connectivity index (χ3v) is 3.70. The number of rotatable bonds is 5. The summed E-state index contributed by atoms with van der Waals surface area (Å²) in [7, 11) is 1.49. The smallest absolute Gasteiger partial charge is 0.254 e. The number of carbonyl (C=O) groups is 1. The van der Waals surface area contributed by atoms with E-state index in [0.717, 1.165) is 13.0 Å². The Morgan fingerprint density at radius 2 is 2.35 bits per heavy atom. The number of amides is 1. The van der Waals surface area contributed by atoms with Gasteiger partial charge in [0, 0.05) is 24.7 Å². The molecule has 1 atom stereocenters. The van der Waals surface area contributed by atoms with Gasteiger partial charge in [-0.05, 0) is 44.5 Å². The summed E-state index contributed by atoms with van der Waals surface area (Å²) >= 11 is 0. The number of carbonyl (C=O) groups excluding carboxylic acids is 1. The lowest BCUT2D eigenvalue weighted by Gasteiger charge is -2.24. The number of methoxy groups -OCH3 is 1. The van der Waals surface area contributed by atoms with Crippen molar-refractivity contribution < 1.29 is 14.6 Å². The zero-order valence-electron chi connectivity index (χ0n) is 12.1. The lowest BCUT2D eigenvalue weighted by molar-refractivity contribution is 0.0751. The average molecular weight is 278 g/mol. The van der Waals surface area contributed by atoms with Crippen molar-refractivity contribution in [1.82, 2.24) is 10.2 Å². The number of nitrogens with zero attached hydrogens (tertiary/aromatic N) is 1. The Hall–Kier alpha value is -1.75. The Balaban J connectivity index is 2.09. The molecule has 1 unspecified atom stereocenters. The van der Waals surface area contributed by atoms with E-state index in [2.05, 4.69) is 5.32 Å². The number of benzene rings is 1. The van der Waals surface area contributed by atoms with Gasteiger partial charge in [-0.1, -0.05) is 0 Å². The van der Waals surface area contributed by atoms with Crippen LogP contribution in [0, 0.1) is 0 Å². The van der Waals surface area contributed by atoms with E-state index in [4.69, 9.17) is 4.74 Å². The van der Waals surface area contributed by atoms with Crippen molar-refractivity contribution in [3.05, 3.63) is 23.8 Å². The van der Waals surface area contributed by atoms with Crippen molar-refractivity contribution in [2.24, 2.45) is 0 Å². The maximum Gasteiger partial charge on any atom is 0.254 e. The Morgan fingerprint density at radius 1 is 1.55 bits per heavy atom. The van der Waals surface area contributed by atoms with Crippen molar-refractivity contribution in [1.29, 1.82) is 0 Å². The van der Waals surface area contributed by atoms with E-state index >= 15 is 0 Å². The minimum Gasteiger partial charge on any atom is -0.504 e. The normalized spacial score (nSPS) is 18.0. The van der Waals surface area contributed by atoms with E-state index in [1.54, 1.807) is 12.1 Å². The summed E-state index contributed by atoms with van der Waals surface area (Å²) in [6, 6.07) is 5.15. The van der Waals surface area contributed by atoms with Crippen molar-refractivity contribution in [2.45, 2.75) is 25.8 Å². The predicted molar refractivity (Wildman–Crippen MR) is 77.3 cm³/mol. The van der Waals surface area contributed by atoms with Crippen LogP contribution in [0.4, 0.5) is 0 Å². The number of nitrogens with one attached hydrogen (secondary N) is 1. The number of phenols is 1. The van der Waals surface area contributed by atoms with Crippen molar-refractivity contribution >= 4 is 5.91 Å². The lowest BCUT2D eigenvalue weighted by atomic mass is 10.1. The van der Waals surface area contributed by atoms with E-state index in [1.165, 1.54) is 19.6 Å². The van der Waals surface area contributed by atoms with Crippen LogP contribution in [0.1, 0.15) is 30.1 Å². The summed E-state index contributed by atoms with van der Waals surface area (Å²) in [4.78, 5) is 14.3. The van der Waals surface area contributed by atoms with E-state index < -0.39 is 0 Å². The van der Waals surface area contributed by atoms with E-state index in [-0.39, 0.29) is 11.7 Å². The zero-order chi connectivity index (χ0) is 14.5. The van der Waals surface area contributed by atoms with Gasteiger partial charge in [0.05, 0.1) is 7.11 Å². The maximum absolute atomic E-state index is 12.5. The van der Waals surface area contributed by atoms with Gasteiger partial charge in [-0.25, -0.2) is 0 Å². The Kier molecular flexibility index (Phi) is 4.84. The number of hydrogen-bond donors (Lipinski definition) is 2. The van der Waals surface area contributed by atoms with Crippen LogP contribution in [0.2, 0.25) is 0 Å². The molecule has 1 aromatic rings. The molecule has 1 aromatic carbocycles. The SMILES string of the molecule is CCN(CC1CCCN1)C(=O)c1ccc(OC)c(O)c1. The fourth-order valence-electron chi connectivity index (χ4n) is 2.54. The summed E-state index contributed by atoms with van der Waals surface area (Å²) in [6.07, 6.45) is 2.28. The fourth-order valence-corrected chi connectivity index (χ4v) is 2.54. The third-order valence-electron chi connectivity index (χ3n) is 3.70. The average Bonchev–Trinajstić information content (AvgIpc) is 2.97. The molecule has 0 aromatic heterocycles. The Bertz CT molecular complexity index is 470. The van der Waals surface area contributed by atoms with Gasteiger partial charge >= 0.3 is 0 Å². The molecule has 5 nitrogen and oxygen atoms in total. The lowest BCUT2D eigenvalue weighted by Crippen LogP contribution is -2.41. The van der Waals surface area contributed by atoms with Crippen molar-refractivity contribution in [3.63, 3.8) is 0 Å². The van der Waals surface area contributed by atoms with Crippen LogP contribution in [0.5, 0.6) is 11.5 Å². The van der Waals surface area contributed by atoms with Crippen LogP contribution in [0.25, 0.3) is 0 Å². The second kappa shape index (κ2) is 6.61. The van der Waals surface area contributed by atoms with Crippen LogP contribution in [0.15, 0.2) is 18.2 Å². The fraction of sp³-hybridized carbons (Fsp3) is 0.533. The first kappa shape index (κ1) is 14.7. The van der Waals surface area contributed by atoms with Crippen molar-refractivity contribution in [2.75, 3.05) is 26.7 Å². The second-order valence-electron chi connectivity index (χ2n) is 5.02. The first-order chi connectivity index (χ1) is 9.65. The topological polar surface area (TPSA) is 61.8 Å². The minimum absolute atomic E-state index is 0.00612. The van der Waals surface area contributed by atoms with Gasteiger partial charge in [0.25, 0.3) is 5.91 Å². The van der Waals surface area contributed by atoms with Crippen molar-refractivity contribution in [3.8, 4) is 11.5 Å². The number of aromatic hydroxyl groups is 1. The molecule has 0 saturated carbocycles. The summed E-state index contributed by atoms with van der Waals surface area (Å²) in [6.45, 7) is 4.36. The molecule has 0 bridgehead atoms. The molecule has 5 heteroatoms. The van der Waals surface area contributed by atoms with Crippen LogP contribution in [-0.2, 0) is 0 Å². The molecule has 2 N–H and O–H groups in total. The standard InChI is InChI=1S/C15H22N2O3/c1-3-17(10-12-5-4-8-16-12)15(19)11-6-7-14(20-2)13(18)9-11/h6-7,9,12,16,18H,3-5,8,10H2,1-2H3. The zero-order valence-corrected chi connectivity index (χ0v) is 12.1. The second-order valence-corrected chi connectivity index (χ2v) is 5.02. The number of ether oxygens (including phenoxy) is 1. The number of hydrogen-bond acceptors (Lipinski definition) is 4. The number of likely N-dealkylation sites (N-methyl/N-ethyl adjacent to an activating group) is 1. The summed E-state index contributed by atoms with van der Waals surface area (Å²) in [5, 5.41) is 13.2. The predicted octanol–water partition coefficient (Wildman–Crippen LogP) is 1.61. The Labute approximate surface area is 119 Å². The van der Waals surface area contributed by atoms with Crippen LogP contribution in [0.3, 0.4) is 0 Å². The van der Waals surface area contributed by atoms with Crippen LogP contribution < -0.4 is 10.1 Å². The summed E-state index contributed by atoms with van der Waals surface area (Å²) in [5.41, 5.74) is 0.489. The van der Waals surface area contributed by atoms with Gasteiger partial charge < -0.3 is 20.1 Å². The van der Waals surface area contributed by atoms with Crippen LogP contribution >= 0.6 is 0 Å². The van der Waals surface area contributed by atoms with E-state index in [1.807, 2.05) is 11.8 Å². The van der Waals surface area contributed by atoms with Gasteiger partial charge in [-0.15, -0.1) is 0 Å². The third kappa shape index (κ3) is 3.22. The monoisotopic (exact) mass is 278 g/mol. The molecule has 1 saturated heterocycles. The highest BCUT2D eigenvalue weighted by Crippen LogP contribution is 2.26. The minimum atomic E-state index is -0.0563. The molecule has 1 heterocycles. The Morgan fingerprint density at radius 3 is 2.90 bits per heavy atom. The maximum atomic E-state index is 12.5. The molecule has 0 aliphatic carbocycles. The highest BCUT2D eigenvalue weighted by Gasteiger charge is 2.21.